The van der Waals surface area contributed by atoms with Crippen molar-refractivity contribution in [2.75, 3.05) is 0 Å². The first kappa shape index (κ1) is 13.9. The first-order valence-electron chi connectivity index (χ1n) is 4.19. The lowest BCUT2D eigenvalue weighted by Crippen LogP contribution is -2.00. The summed E-state index contributed by atoms with van der Waals surface area (Å²) in [5, 5.41) is 3.79. The topological polar surface area (TPSA) is 37.8 Å². The Labute approximate surface area is 99.6 Å². The summed E-state index contributed by atoms with van der Waals surface area (Å²) in [5.74, 6) is 0. The Bertz CT molecular complexity index is 304. The van der Waals surface area contributed by atoms with Crippen LogP contribution in [0.2, 0.25) is 10.4 Å². The summed E-state index contributed by atoms with van der Waals surface area (Å²) in [6, 6.07) is 0. The Morgan fingerprint density at radius 1 is 1.14 bits per heavy atom. The molecule has 0 saturated carbocycles. The molecular weight excluding hydrogens is 244 g/mol. The number of nitrogens with zero attached hydrogens (tertiary/aromatic N) is 2. The Balaban J connectivity index is 0.000000531. The van der Waals surface area contributed by atoms with E-state index in [9.17, 15) is 0 Å². The van der Waals surface area contributed by atoms with Crippen LogP contribution in [0.1, 0.15) is 25.1 Å². The van der Waals surface area contributed by atoms with Gasteiger partial charge in [0.05, 0.1) is 5.69 Å². The first-order valence-corrected chi connectivity index (χ1v) is 4.94. The summed E-state index contributed by atoms with van der Waals surface area (Å²) in [6.07, 6.45) is 0. The van der Waals surface area contributed by atoms with Gasteiger partial charge in [-0.3, -0.25) is 0 Å². The van der Waals surface area contributed by atoms with Gasteiger partial charge in [0.15, 0.2) is 0 Å². The lowest BCUT2D eigenvalue weighted by Gasteiger charge is -1.98. The van der Waals surface area contributed by atoms with E-state index in [2.05, 4.69) is 15.3 Å². The normalized spacial score (nSPS) is 12.3. The van der Waals surface area contributed by atoms with Crippen molar-refractivity contribution in [1.82, 2.24) is 15.3 Å². The SMILES string of the molecule is CC.Cl.Clc1nc(Cl)c2c(n1)CNC2. The molecule has 3 nitrogen and oxygen atoms in total. The molecule has 80 valence electrons. The molecule has 1 aliphatic heterocycles. The second-order valence-electron chi connectivity index (χ2n) is 2.31. The van der Waals surface area contributed by atoms with Gasteiger partial charge in [0, 0.05) is 18.7 Å². The quantitative estimate of drug-likeness (QED) is 0.573. The Hall–Kier alpha value is -0.0900. The van der Waals surface area contributed by atoms with Crippen molar-refractivity contribution >= 4 is 35.6 Å². The van der Waals surface area contributed by atoms with E-state index in [0.717, 1.165) is 24.3 Å². The van der Waals surface area contributed by atoms with Crippen molar-refractivity contribution in [1.29, 1.82) is 0 Å². The highest BCUT2D eigenvalue weighted by atomic mass is 35.5. The lowest BCUT2D eigenvalue weighted by molar-refractivity contribution is 0.758. The number of rotatable bonds is 0. The Kier molecular flexibility index (Phi) is 6.36. The fourth-order valence-electron chi connectivity index (χ4n) is 1.10. The van der Waals surface area contributed by atoms with Crippen molar-refractivity contribution < 1.29 is 0 Å². The van der Waals surface area contributed by atoms with Crippen LogP contribution >= 0.6 is 35.6 Å². The molecule has 2 rings (SSSR count). The van der Waals surface area contributed by atoms with Crippen molar-refractivity contribution in [3.05, 3.63) is 21.7 Å². The van der Waals surface area contributed by atoms with Crippen LogP contribution in [0.5, 0.6) is 0 Å². The summed E-state index contributed by atoms with van der Waals surface area (Å²) in [6.45, 7) is 5.47. The van der Waals surface area contributed by atoms with Gasteiger partial charge in [-0.2, -0.15) is 0 Å². The third kappa shape index (κ3) is 2.95. The van der Waals surface area contributed by atoms with Gasteiger partial charge in [-0.15, -0.1) is 12.4 Å². The van der Waals surface area contributed by atoms with Gasteiger partial charge < -0.3 is 5.32 Å². The zero-order valence-electron chi connectivity index (χ0n) is 7.97. The molecule has 1 aromatic rings. The highest BCUT2D eigenvalue weighted by molar-refractivity contribution is 6.32. The zero-order valence-corrected chi connectivity index (χ0v) is 10.3. The van der Waals surface area contributed by atoms with Crippen molar-refractivity contribution in [2.24, 2.45) is 0 Å². The molecule has 0 fully saturated rings. The molecule has 0 spiro atoms. The molecule has 0 saturated heterocycles. The monoisotopic (exact) mass is 255 g/mol. The minimum absolute atomic E-state index is 0. The van der Waals surface area contributed by atoms with Crippen LogP contribution in [0.4, 0.5) is 0 Å². The molecule has 0 radical (unpaired) electrons. The Morgan fingerprint density at radius 3 is 2.43 bits per heavy atom. The van der Waals surface area contributed by atoms with Crippen LogP contribution in [0, 0.1) is 0 Å². The summed E-state index contributed by atoms with van der Waals surface area (Å²) >= 11 is 11.4. The van der Waals surface area contributed by atoms with Crippen LogP contribution in [0.3, 0.4) is 0 Å². The van der Waals surface area contributed by atoms with Crippen LogP contribution in [0.25, 0.3) is 0 Å². The van der Waals surface area contributed by atoms with E-state index in [4.69, 9.17) is 23.2 Å². The number of fused-ring (bicyclic) bond motifs is 1. The van der Waals surface area contributed by atoms with Gasteiger partial charge >= 0.3 is 0 Å². The summed E-state index contributed by atoms with van der Waals surface area (Å²) in [5.41, 5.74) is 1.88. The van der Waals surface area contributed by atoms with E-state index in [1.165, 1.54) is 0 Å². The third-order valence-corrected chi connectivity index (χ3v) is 2.09. The maximum atomic E-state index is 5.80. The zero-order chi connectivity index (χ0) is 9.84. The molecular formula is C8H12Cl3N3. The van der Waals surface area contributed by atoms with Gasteiger partial charge in [-0.1, -0.05) is 25.4 Å². The molecule has 0 unspecified atom stereocenters. The minimum atomic E-state index is 0. The van der Waals surface area contributed by atoms with E-state index in [0.29, 0.717) is 5.15 Å². The molecule has 1 aromatic heterocycles. The number of halogens is 3. The molecule has 1 aliphatic rings. The van der Waals surface area contributed by atoms with Crippen molar-refractivity contribution in [3.8, 4) is 0 Å². The van der Waals surface area contributed by atoms with E-state index >= 15 is 0 Å². The highest BCUT2D eigenvalue weighted by Crippen LogP contribution is 2.22. The summed E-state index contributed by atoms with van der Waals surface area (Å²) in [4.78, 5) is 7.85. The summed E-state index contributed by atoms with van der Waals surface area (Å²) in [7, 11) is 0. The fourth-order valence-corrected chi connectivity index (χ4v) is 1.58. The van der Waals surface area contributed by atoms with Gasteiger partial charge in [0.2, 0.25) is 5.28 Å². The van der Waals surface area contributed by atoms with Crippen LogP contribution < -0.4 is 5.32 Å². The molecule has 14 heavy (non-hydrogen) atoms. The van der Waals surface area contributed by atoms with Gasteiger partial charge in [-0.05, 0) is 11.6 Å². The maximum Gasteiger partial charge on any atom is 0.224 e. The van der Waals surface area contributed by atoms with Crippen LogP contribution in [-0.4, -0.2) is 9.97 Å². The average molecular weight is 257 g/mol. The summed E-state index contributed by atoms with van der Waals surface area (Å²) < 4.78 is 0. The van der Waals surface area contributed by atoms with Crippen LogP contribution in [-0.2, 0) is 13.1 Å². The number of aromatic nitrogens is 2. The molecule has 1 N–H and O–H groups in total. The number of hydrogen-bond donors (Lipinski definition) is 1. The van der Waals surface area contributed by atoms with Crippen molar-refractivity contribution in [2.45, 2.75) is 26.9 Å². The molecule has 0 amide bonds. The van der Waals surface area contributed by atoms with Crippen molar-refractivity contribution in [3.63, 3.8) is 0 Å². The second-order valence-corrected chi connectivity index (χ2v) is 3.01. The smallest absolute Gasteiger partial charge is 0.224 e. The van der Waals surface area contributed by atoms with Gasteiger partial charge in [-0.25, -0.2) is 9.97 Å². The maximum absolute atomic E-state index is 5.80. The van der Waals surface area contributed by atoms with E-state index in [-0.39, 0.29) is 17.7 Å². The predicted molar refractivity (Wildman–Crippen MR) is 61.2 cm³/mol. The molecule has 2 heterocycles. The van der Waals surface area contributed by atoms with Crippen LogP contribution in [0.15, 0.2) is 0 Å². The van der Waals surface area contributed by atoms with E-state index < -0.39 is 0 Å². The average Bonchev–Trinajstić information content (AvgIpc) is 2.55. The Morgan fingerprint density at radius 2 is 1.79 bits per heavy atom. The van der Waals surface area contributed by atoms with Gasteiger partial charge in [0.1, 0.15) is 5.15 Å². The third-order valence-electron chi connectivity index (χ3n) is 1.61. The molecule has 0 atom stereocenters. The largest absolute Gasteiger partial charge is 0.307 e. The van der Waals surface area contributed by atoms with E-state index in [1.807, 2.05) is 13.8 Å². The molecule has 0 bridgehead atoms. The van der Waals surface area contributed by atoms with Gasteiger partial charge in [0.25, 0.3) is 0 Å². The minimum Gasteiger partial charge on any atom is -0.307 e. The molecule has 0 aliphatic carbocycles. The predicted octanol–water partition coefficient (Wildman–Crippen LogP) is 2.83. The number of hydrogen-bond acceptors (Lipinski definition) is 3. The lowest BCUT2D eigenvalue weighted by atomic mass is 10.3. The van der Waals surface area contributed by atoms with E-state index in [1.54, 1.807) is 0 Å². The standard InChI is InChI=1S/C6H5Cl2N3.C2H6.ClH/c7-5-3-1-9-2-4(3)10-6(8)11-5;1-2;/h9H,1-2H2;1-2H3;1H. The fraction of sp³-hybridized carbons (Fsp3) is 0.500. The molecule has 0 aromatic carbocycles. The highest BCUT2D eigenvalue weighted by Gasteiger charge is 2.16. The molecule has 6 heteroatoms. The first-order chi connectivity index (χ1) is 6.27. The second kappa shape index (κ2) is 6.40. The number of nitrogens with one attached hydrogen (secondary N) is 1.